The van der Waals surface area contributed by atoms with Crippen molar-refractivity contribution in [1.82, 2.24) is 5.32 Å². The number of hydrogen-bond acceptors (Lipinski definition) is 5. The summed E-state index contributed by atoms with van der Waals surface area (Å²) in [6.07, 6.45) is 0.256. The van der Waals surface area contributed by atoms with E-state index >= 15 is 0 Å². The normalized spacial score (nSPS) is 11.9. The topological polar surface area (TPSA) is 102 Å². The Balaban J connectivity index is 2.63. The molecule has 0 saturated carbocycles. The van der Waals surface area contributed by atoms with E-state index in [1.807, 2.05) is 0 Å². The lowest BCUT2D eigenvalue weighted by molar-refractivity contribution is -0.385. The molecule has 0 heterocycles. The van der Waals surface area contributed by atoms with Crippen LogP contribution >= 0.6 is 15.9 Å². The number of carboxylic acids is 1. The Morgan fingerprint density at radius 3 is 2.79 bits per heavy atom. The molecule has 1 unspecified atom stereocenters. The van der Waals surface area contributed by atoms with Crippen molar-refractivity contribution >= 4 is 27.6 Å². The Kier molecular flexibility index (Phi) is 5.71. The van der Waals surface area contributed by atoms with Crippen molar-refractivity contribution in [1.29, 1.82) is 0 Å². The summed E-state index contributed by atoms with van der Waals surface area (Å²) in [4.78, 5) is 20.9. The van der Waals surface area contributed by atoms with Crippen LogP contribution in [-0.4, -0.2) is 35.7 Å². The Morgan fingerprint density at radius 2 is 2.26 bits per heavy atom. The van der Waals surface area contributed by atoms with Gasteiger partial charge in [-0.1, -0.05) is 15.9 Å². The van der Waals surface area contributed by atoms with E-state index in [9.17, 15) is 14.9 Å². The average Bonchev–Trinajstić information content (AvgIpc) is 2.33. The molecule has 1 atom stereocenters. The molecule has 0 aliphatic heterocycles. The van der Waals surface area contributed by atoms with E-state index in [0.29, 0.717) is 10.2 Å². The number of non-ortho nitro benzene ring substituents is 1. The van der Waals surface area contributed by atoms with Gasteiger partial charge >= 0.3 is 5.97 Å². The molecule has 0 fully saturated rings. The van der Waals surface area contributed by atoms with Crippen LogP contribution in [0.15, 0.2) is 22.7 Å². The smallest absolute Gasteiger partial charge is 0.320 e. The number of carbonyl (C=O) groups is 1. The summed E-state index contributed by atoms with van der Waals surface area (Å²) in [5.74, 6) is -0.646. The number of nitrogens with zero attached hydrogens (tertiary/aromatic N) is 1. The third kappa shape index (κ3) is 4.84. The minimum Gasteiger partial charge on any atom is -0.493 e. The highest BCUT2D eigenvalue weighted by molar-refractivity contribution is 9.10. The molecule has 0 saturated heterocycles. The molecule has 0 aliphatic rings. The van der Waals surface area contributed by atoms with Gasteiger partial charge in [0.2, 0.25) is 0 Å². The predicted octanol–water partition coefficient (Wildman–Crippen LogP) is 1.80. The molecule has 1 aromatic rings. The Hall–Kier alpha value is -1.67. The summed E-state index contributed by atoms with van der Waals surface area (Å²) in [7, 11) is 1.54. The quantitative estimate of drug-likeness (QED) is 0.583. The monoisotopic (exact) mass is 332 g/mol. The van der Waals surface area contributed by atoms with Gasteiger partial charge in [0.15, 0.2) is 0 Å². The molecule has 0 aromatic heterocycles. The fourth-order valence-electron chi connectivity index (χ4n) is 1.42. The van der Waals surface area contributed by atoms with Crippen molar-refractivity contribution in [2.45, 2.75) is 12.5 Å². The van der Waals surface area contributed by atoms with Crippen LogP contribution < -0.4 is 10.1 Å². The van der Waals surface area contributed by atoms with Crippen molar-refractivity contribution in [3.63, 3.8) is 0 Å². The van der Waals surface area contributed by atoms with Gasteiger partial charge in [0, 0.05) is 17.0 Å². The Bertz CT molecular complexity index is 480. The van der Waals surface area contributed by atoms with Gasteiger partial charge in [-0.05, 0) is 13.1 Å². The second kappa shape index (κ2) is 7.05. The van der Waals surface area contributed by atoms with Crippen LogP contribution in [0.4, 0.5) is 5.69 Å². The number of benzene rings is 1. The van der Waals surface area contributed by atoms with Crippen LogP contribution in [0.5, 0.6) is 5.75 Å². The Labute approximate surface area is 117 Å². The van der Waals surface area contributed by atoms with Crippen LogP contribution in [0.2, 0.25) is 0 Å². The summed E-state index contributed by atoms with van der Waals surface area (Å²) in [5.41, 5.74) is -0.0900. The maximum atomic E-state index is 10.8. The number of nitro benzene ring substituents is 1. The number of aliphatic carboxylic acids is 1. The van der Waals surface area contributed by atoms with Crippen molar-refractivity contribution in [2.24, 2.45) is 0 Å². The fraction of sp³-hybridized carbons (Fsp3) is 0.364. The van der Waals surface area contributed by atoms with Crippen LogP contribution in [-0.2, 0) is 4.79 Å². The maximum Gasteiger partial charge on any atom is 0.320 e. The van der Waals surface area contributed by atoms with E-state index in [4.69, 9.17) is 9.84 Å². The fourth-order valence-corrected chi connectivity index (χ4v) is 1.88. The summed E-state index contributed by atoms with van der Waals surface area (Å²) >= 11 is 3.15. The zero-order valence-corrected chi connectivity index (χ0v) is 11.7. The molecule has 0 spiro atoms. The zero-order chi connectivity index (χ0) is 14.4. The van der Waals surface area contributed by atoms with Crippen molar-refractivity contribution in [2.75, 3.05) is 13.7 Å². The highest BCUT2D eigenvalue weighted by Crippen LogP contribution is 2.26. The van der Waals surface area contributed by atoms with Crippen LogP contribution in [0, 0.1) is 10.1 Å². The van der Waals surface area contributed by atoms with E-state index in [1.165, 1.54) is 12.1 Å². The number of ether oxygens (including phenoxy) is 1. The lowest BCUT2D eigenvalue weighted by atomic mass is 10.2. The molecular formula is C11H13BrN2O5. The van der Waals surface area contributed by atoms with Gasteiger partial charge in [0.1, 0.15) is 11.8 Å². The number of likely N-dealkylation sites (N-methyl/N-ethyl adjacent to an activating group) is 1. The third-order valence-electron chi connectivity index (χ3n) is 2.39. The summed E-state index contributed by atoms with van der Waals surface area (Å²) in [6.45, 7) is 0.144. The lowest BCUT2D eigenvalue weighted by Crippen LogP contribution is -2.35. The number of carboxylic acid groups (broad SMARTS) is 1. The second-order valence-electron chi connectivity index (χ2n) is 3.72. The number of rotatable bonds is 7. The van der Waals surface area contributed by atoms with E-state index in [2.05, 4.69) is 21.2 Å². The van der Waals surface area contributed by atoms with Gasteiger partial charge in [0.25, 0.3) is 5.69 Å². The molecule has 7 nitrogen and oxygen atoms in total. The number of hydrogen-bond donors (Lipinski definition) is 2. The van der Waals surface area contributed by atoms with Gasteiger partial charge in [-0.3, -0.25) is 14.9 Å². The summed E-state index contributed by atoms with van der Waals surface area (Å²) < 4.78 is 5.85. The molecule has 8 heteroatoms. The molecular weight excluding hydrogens is 320 g/mol. The van der Waals surface area contributed by atoms with E-state index in [0.717, 1.165) is 0 Å². The predicted molar refractivity (Wildman–Crippen MR) is 71.4 cm³/mol. The molecule has 1 aromatic carbocycles. The molecule has 1 rings (SSSR count). The second-order valence-corrected chi connectivity index (χ2v) is 4.63. The van der Waals surface area contributed by atoms with Gasteiger partial charge in [0.05, 0.1) is 17.6 Å². The molecule has 19 heavy (non-hydrogen) atoms. The molecule has 0 aliphatic carbocycles. The maximum absolute atomic E-state index is 10.8. The first kappa shape index (κ1) is 15.4. The highest BCUT2D eigenvalue weighted by Gasteiger charge is 2.15. The molecule has 104 valence electrons. The number of nitro groups is 1. The third-order valence-corrected chi connectivity index (χ3v) is 2.85. The first-order valence-corrected chi connectivity index (χ1v) is 6.21. The molecule has 0 bridgehead atoms. The zero-order valence-electron chi connectivity index (χ0n) is 10.1. The molecule has 2 N–H and O–H groups in total. The van der Waals surface area contributed by atoms with E-state index < -0.39 is 16.9 Å². The molecule has 0 amide bonds. The van der Waals surface area contributed by atoms with Crippen LogP contribution in [0.3, 0.4) is 0 Å². The summed E-state index contributed by atoms with van der Waals surface area (Å²) in [6, 6.07) is 3.53. The van der Waals surface area contributed by atoms with Gasteiger partial charge < -0.3 is 15.2 Å². The van der Waals surface area contributed by atoms with E-state index in [-0.39, 0.29) is 18.7 Å². The Morgan fingerprint density at radius 1 is 1.58 bits per heavy atom. The number of nitrogens with one attached hydrogen (secondary N) is 1. The largest absolute Gasteiger partial charge is 0.493 e. The van der Waals surface area contributed by atoms with Crippen molar-refractivity contribution in [3.8, 4) is 5.75 Å². The number of halogens is 1. The van der Waals surface area contributed by atoms with Crippen molar-refractivity contribution < 1.29 is 19.6 Å². The first-order valence-electron chi connectivity index (χ1n) is 5.42. The van der Waals surface area contributed by atoms with Gasteiger partial charge in [-0.2, -0.15) is 0 Å². The minimum atomic E-state index is -0.966. The van der Waals surface area contributed by atoms with E-state index in [1.54, 1.807) is 13.1 Å². The highest BCUT2D eigenvalue weighted by atomic mass is 79.9. The first-order chi connectivity index (χ1) is 8.93. The lowest BCUT2D eigenvalue weighted by Gasteiger charge is -2.12. The summed E-state index contributed by atoms with van der Waals surface area (Å²) in [5, 5.41) is 22.1. The average molecular weight is 333 g/mol. The molecule has 0 radical (unpaired) electrons. The van der Waals surface area contributed by atoms with Crippen LogP contribution in [0.1, 0.15) is 6.42 Å². The minimum absolute atomic E-state index is 0.0900. The van der Waals surface area contributed by atoms with Crippen LogP contribution in [0.25, 0.3) is 0 Å². The van der Waals surface area contributed by atoms with Crippen molar-refractivity contribution in [3.05, 3.63) is 32.8 Å². The standard InChI is InChI=1S/C11H13BrN2O5/c1-13-10(11(15)16)2-3-19-9-5-7(12)4-8(6-9)14(17)18/h4-6,10,13H,2-3H2,1H3,(H,15,16). The van der Waals surface area contributed by atoms with Gasteiger partial charge in [-0.25, -0.2) is 0 Å². The SMILES string of the molecule is CNC(CCOc1cc(Br)cc([N+](=O)[O-])c1)C(=O)O. The van der Waals surface area contributed by atoms with Gasteiger partial charge in [-0.15, -0.1) is 0 Å².